The third kappa shape index (κ3) is 9.06. The number of benzene rings is 1. The Morgan fingerprint density at radius 2 is 1.71 bits per heavy atom. The predicted molar refractivity (Wildman–Crippen MR) is 182 cm³/mol. The maximum absolute atomic E-state index is 14.3. The fourth-order valence-electron chi connectivity index (χ4n) is 8.34. The van der Waals surface area contributed by atoms with Gasteiger partial charge in [0, 0.05) is 51.0 Å². The molecule has 1 saturated heterocycles. The van der Waals surface area contributed by atoms with Crippen LogP contribution < -0.4 is 0 Å². The number of ether oxygens (including phenoxy) is 3. The molecule has 0 N–H and O–H groups in total. The van der Waals surface area contributed by atoms with Gasteiger partial charge < -0.3 is 23.5 Å². The third-order valence-corrected chi connectivity index (χ3v) is 11.2. The van der Waals surface area contributed by atoms with E-state index in [2.05, 4.69) is 13.8 Å². The number of halogens is 1. The van der Waals surface area contributed by atoms with Crippen molar-refractivity contribution in [1.82, 2.24) is 4.90 Å². The summed E-state index contributed by atoms with van der Waals surface area (Å²) in [6, 6.07) is 6.80. The second kappa shape index (κ2) is 17.2. The van der Waals surface area contributed by atoms with Gasteiger partial charge in [-0.15, -0.1) is 0 Å². The molecule has 1 aromatic carbocycles. The van der Waals surface area contributed by atoms with Gasteiger partial charge in [-0.05, 0) is 111 Å². The highest BCUT2D eigenvalue weighted by molar-refractivity contribution is 5.94. The number of hydrogen-bond acceptors (Lipinski definition) is 7. The van der Waals surface area contributed by atoms with Gasteiger partial charge in [0.05, 0.1) is 25.4 Å². The summed E-state index contributed by atoms with van der Waals surface area (Å²) in [7, 11) is 1.77. The molecule has 1 aliphatic heterocycles. The number of fused-ring (bicyclic) bond motifs is 1. The summed E-state index contributed by atoms with van der Waals surface area (Å²) < 4.78 is 35.7. The molecule has 3 fully saturated rings. The monoisotopic (exact) mass is 669 g/mol. The average molecular weight is 670 g/mol. The Labute approximate surface area is 285 Å². The minimum atomic E-state index is -0.521. The summed E-state index contributed by atoms with van der Waals surface area (Å²) in [5.41, 5.74) is 1.39. The molecule has 1 amide bonds. The topological polar surface area (TPSA) is 95.3 Å². The highest BCUT2D eigenvalue weighted by Crippen LogP contribution is 2.42. The van der Waals surface area contributed by atoms with Crippen LogP contribution in [0.25, 0.3) is 11.0 Å². The number of furan rings is 1. The molecular weight excluding hydrogens is 613 g/mol. The summed E-state index contributed by atoms with van der Waals surface area (Å²) in [6.45, 7) is 7.89. The Morgan fingerprint density at radius 3 is 2.40 bits per heavy atom. The highest BCUT2D eigenvalue weighted by Gasteiger charge is 2.47. The molecule has 0 bridgehead atoms. The average Bonchev–Trinajstić information content (AvgIpc) is 3.74. The van der Waals surface area contributed by atoms with Gasteiger partial charge in [0.1, 0.15) is 5.58 Å². The number of alkyl halides is 1. The molecule has 2 saturated carbocycles. The summed E-state index contributed by atoms with van der Waals surface area (Å²) in [6.07, 6.45) is 9.17. The molecule has 3 aliphatic rings. The van der Waals surface area contributed by atoms with Crippen molar-refractivity contribution in [1.29, 1.82) is 0 Å². The number of esters is 1. The maximum Gasteiger partial charge on any atom is 0.374 e. The fraction of sp³-hybridized carbons (Fsp3) is 0.718. The summed E-state index contributed by atoms with van der Waals surface area (Å²) >= 11 is 0. The summed E-state index contributed by atoms with van der Waals surface area (Å²) in [5.74, 6) is 1.02. The normalized spacial score (nSPS) is 27.0. The zero-order chi connectivity index (χ0) is 34.2. The van der Waals surface area contributed by atoms with E-state index >= 15 is 0 Å². The molecule has 9 heteroatoms. The molecule has 48 heavy (non-hydrogen) atoms. The van der Waals surface area contributed by atoms with E-state index in [4.69, 9.17) is 18.6 Å². The van der Waals surface area contributed by atoms with Crippen molar-refractivity contribution in [2.75, 3.05) is 40.1 Å². The molecule has 0 spiro atoms. The number of Topliss-reactive ketones (excluding diaryl/α,β-unsaturated/α-hetero) is 1. The Hall–Kier alpha value is -2.78. The molecule has 3 atom stereocenters. The van der Waals surface area contributed by atoms with Crippen LogP contribution >= 0.6 is 0 Å². The molecule has 5 rings (SSSR count). The third-order valence-electron chi connectivity index (χ3n) is 11.2. The van der Waals surface area contributed by atoms with E-state index in [0.29, 0.717) is 49.5 Å². The molecule has 2 aromatic rings. The van der Waals surface area contributed by atoms with Crippen LogP contribution in [-0.4, -0.2) is 74.9 Å². The standard InChI is InChI=1S/C39H56FNO7/c1-25(2)24-46-18-5-19-47-39(44)36-22-31-20-27(6-15-35(31)48-36)21-34(42)37-33(29-11-13-32(45-4)14-12-29)16-17-41(37)38(43)30-9-7-28(8-10-30)26(3)23-40/h6,15,20,22,25-26,28-30,32-33,37H,5,7-14,16-19,21,23-24H2,1-4H3/t26-,28?,29?,30?,32?,33+,37+/m1/s1. The van der Waals surface area contributed by atoms with Crippen LogP contribution in [0, 0.1) is 35.5 Å². The van der Waals surface area contributed by atoms with E-state index in [0.717, 1.165) is 68.7 Å². The van der Waals surface area contributed by atoms with Crippen LogP contribution in [0.5, 0.6) is 0 Å². The lowest BCUT2D eigenvalue weighted by Crippen LogP contribution is -2.48. The minimum absolute atomic E-state index is 0.0302. The first kappa shape index (κ1) is 36.5. The molecule has 0 radical (unpaired) electrons. The van der Waals surface area contributed by atoms with Crippen LogP contribution in [0.1, 0.15) is 101 Å². The van der Waals surface area contributed by atoms with Crippen LogP contribution in [0.15, 0.2) is 28.7 Å². The lowest BCUT2D eigenvalue weighted by molar-refractivity contribution is -0.143. The first-order valence-corrected chi connectivity index (χ1v) is 18.4. The van der Waals surface area contributed by atoms with Gasteiger partial charge in [-0.3, -0.25) is 14.0 Å². The number of carbonyl (C=O) groups excluding carboxylic acids is 3. The smallest absolute Gasteiger partial charge is 0.374 e. The van der Waals surface area contributed by atoms with Crippen molar-refractivity contribution in [3.63, 3.8) is 0 Å². The van der Waals surface area contributed by atoms with E-state index < -0.39 is 12.0 Å². The number of likely N-dealkylation sites (tertiary alicyclic amines) is 1. The molecule has 266 valence electrons. The Bertz CT molecular complexity index is 1360. The number of ketones is 1. The first-order valence-electron chi connectivity index (χ1n) is 18.4. The van der Waals surface area contributed by atoms with Gasteiger partial charge in [0.25, 0.3) is 0 Å². The molecule has 2 aliphatic carbocycles. The number of methoxy groups -OCH3 is 1. The molecular formula is C39H56FNO7. The van der Waals surface area contributed by atoms with E-state index in [9.17, 15) is 18.8 Å². The predicted octanol–water partition coefficient (Wildman–Crippen LogP) is 7.60. The summed E-state index contributed by atoms with van der Waals surface area (Å²) in [5, 5.41) is 0.737. The zero-order valence-electron chi connectivity index (χ0n) is 29.4. The van der Waals surface area contributed by atoms with Gasteiger partial charge in [-0.25, -0.2) is 4.79 Å². The minimum Gasteiger partial charge on any atom is -0.460 e. The molecule has 0 unspecified atom stereocenters. The Kier molecular flexibility index (Phi) is 13.1. The van der Waals surface area contributed by atoms with E-state index in [1.807, 2.05) is 24.0 Å². The van der Waals surface area contributed by atoms with Gasteiger partial charge in [-0.1, -0.05) is 26.8 Å². The van der Waals surface area contributed by atoms with Crippen LogP contribution in [0.2, 0.25) is 0 Å². The van der Waals surface area contributed by atoms with E-state index in [1.54, 1.807) is 19.2 Å². The highest BCUT2D eigenvalue weighted by atomic mass is 19.1. The number of hydrogen-bond donors (Lipinski definition) is 0. The van der Waals surface area contributed by atoms with E-state index in [1.165, 1.54) is 0 Å². The van der Waals surface area contributed by atoms with Crippen molar-refractivity contribution >= 4 is 28.6 Å². The van der Waals surface area contributed by atoms with Gasteiger partial charge in [0.15, 0.2) is 5.78 Å². The van der Waals surface area contributed by atoms with Gasteiger partial charge >= 0.3 is 5.97 Å². The van der Waals surface area contributed by atoms with Crippen LogP contribution in [0.3, 0.4) is 0 Å². The van der Waals surface area contributed by atoms with Crippen molar-refractivity contribution in [3.05, 3.63) is 35.6 Å². The van der Waals surface area contributed by atoms with Crippen molar-refractivity contribution < 1.29 is 37.4 Å². The molecule has 8 nitrogen and oxygen atoms in total. The number of carbonyl (C=O) groups is 3. The molecule has 2 heterocycles. The second-order valence-electron chi connectivity index (χ2n) is 15.0. The first-order chi connectivity index (χ1) is 23.2. The Morgan fingerprint density at radius 1 is 0.958 bits per heavy atom. The lowest BCUT2D eigenvalue weighted by Gasteiger charge is -2.37. The van der Waals surface area contributed by atoms with Crippen molar-refractivity contribution in [2.24, 2.45) is 35.5 Å². The van der Waals surface area contributed by atoms with Gasteiger partial charge in [-0.2, -0.15) is 0 Å². The number of amides is 1. The van der Waals surface area contributed by atoms with Gasteiger partial charge in [0.2, 0.25) is 11.7 Å². The largest absolute Gasteiger partial charge is 0.460 e. The van der Waals surface area contributed by atoms with Crippen molar-refractivity contribution in [2.45, 2.75) is 104 Å². The zero-order valence-corrected chi connectivity index (χ0v) is 29.4. The number of nitrogens with zero attached hydrogens (tertiary/aromatic N) is 1. The quantitative estimate of drug-likeness (QED) is 0.142. The van der Waals surface area contributed by atoms with Crippen LogP contribution in [0.4, 0.5) is 4.39 Å². The maximum atomic E-state index is 14.3. The number of rotatable bonds is 15. The lowest BCUT2D eigenvalue weighted by atomic mass is 9.74. The van der Waals surface area contributed by atoms with E-state index in [-0.39, 0.29) is 61.0 Å². The second-order valence-corrected chi connectivity index (χ2v) is 15.0. The summed E-state index contributed by atoms with van der Waals surface area (Å²) in [4.78, 5) is 42.9. The SMILES string of the molecule is COC1CCC([C@@H]2CCN(C(=O)C3CCC([C@H](C)CF)CC3)[C@@H]2C(=O)Cc2ccc3oc(C(=O)OCCCOCC(C)C)cc3c2)CC1. The molecule has 1 aromatic heterocycles. The Balaban J connectivity index is 1.25. The van der Waals surface area contributed by atoms with Crippen molar-refractivity contribution in [3.8, 4) is 0 Å². The fourth-order valence-corrected chi connectivity index (χ4v) is 8.34. The van der Waals surface area contributed by atoms with Crippen LogP contribution in [-0.2, 0) is 30.2 Å².